The molecule has 5 heteroatoms. The van der Waals surface area contributed by atoms with Crippen LogP contribution in [0.5, 0.6) is 0 Å². The fraction of sp³-hybridized carbons (Fsp3) is 0.600. The zero-order valence-corrected chi connectivity index (χ0v) is 21.6. The highest BCUT2D eigenvalue weighted by molar-refractivity contribution is 7.13. The third kappa shape index (κ3) is 4.24. The molecule has 1 saturated heterocycles. The Morgan fingerprint density at radius 1 is 0.886 bits per heavy atom. The number of β-amino-alcohol motifs (C(OH)–C–C–N with tert-alkyl or cyclic N) is 1. The zero-order valence-electron chi connectivity index (χ0n) is 20.7. The van der Waals surface area contributed by atoms with Crippen molar-refractivity contribution in [2.45, 2.75) is 64.0 Å². The first kappa shape index (κ1) is 22.4. The van der Waals surface area contributed by atoms with E-state index in [1.54, 1.807) is 0 Å². The predicted molar refractivity (Wildman–Crippen MR) is 145 cm³/mol. The summed E-state index contributed by atoms with van der Waals surface area (Å²) in [4.78, 5) is 6.24. The zero-order chi connectivity index (χ0) is 23.4. The van der Waals surface area contributed by atoms with Crippen molar-refractivity contribution in [1.82, 2.24) is 13.8 Å². The van der Waals surface area contributed by atoms with Gasteiger partial charge in [-0.25, -0.2) is 0 Å². The number of H-pyrrole nitrogens is 1. The van der Waals surface area contributed by atoms with Crippen molar-refractivity contribution >= 4 is 32.8 Å². The van der Waals surface area contributed by atoms with Crippen molar-refractivity contribution in [3.8, 4) is 0 Å². The molecule has 3 aromatic rings. The van der Waals surface area contributed by atoms with E-state index >= 15 is 0 Å². The van der Waals surface area contributed by atoms with Crippen LogP contribution in [0, 0.1) is 29.1 Å². The summed E-state index contributed by atoms with van der Waals surface area (Å²) in [6.07, 6.45) is 10.6. The lowest BCUT2D eigenvalue weighted by molar-refractivity contribution is -0.128. The summed E-state index contributed by atoms with van der Waals surface area (Å²) in [6.45, 7) is 4.23. The van der Waals surface area contributed by atoms with Gasteiger partial charge in [-0.1, -0.05) is 35.8 Å². The Kier molecular flexibility index (Phi) is 5.71. The highest BCUT2D eigenvalue weighted by Crippen LogP contribution is 2.61. The van der Waals surface area contributed by atoms with E-state index in [2.05, 4.69) is 62.4 Å². The summed E-state index contributed by atoms with van der Waals surface area (Å²) in [7, 11) is 0. The van der Waals surface area contributed by atoms with Gasteiger partial charge in [-0.05, 0) is 118 Å². The van der Waals surface area contributed by atoms with Gasteiger partial charge in [0.2, 0.25) is 0 Å². The van der Waals surface area contributed by atoms with E-state index in [1.807, 2.05) is 11.5 Å². The van der Waals surface area contributed by atoms with Crippen molar-refractivity contribution in [2.75, 3.05) is 19.6 Å². The van der Waals surface area contributed by atoms with Gasteiger partial charge in [-0.3, -0.25) is 3.96 Å². The van der Waals surface area contributed by atoms with E-state index in [4.69, 9.17) is 0 Å². The normalized spacial score (nSPS) is 31.9. The molecule has 0 amide bonds. The maximum absolute atomic E-state index is 11.5. The summed E-state index contributed by atoms with van der Waals surface area (Å²) < 4.78 is 3.80. The monoisotopic (exact) mass is 489 g/mol. The first-order chi connectivity index (χ1) is 17.1. The molecule has 4 aliphatic carbocycles. The van der Waals surface area contributed by atoms with E-state index in [1.165, 1.54) is 72.6 Å². The summed E-state index contributed by atoms with van der Waals surface area (Å²) in [5, 5.41) is 11.5. The van der Waals surface area contributed by atoms with E-state index in [-0.39, 0.29) is 11.5 Å². The van der Waals surface area contributed by atoms with E-state index in [9.17, 15) is 5.11 Å². The Morgan fingerprint density at radius 3 is 2.23 bits per heavy atom. The number of piperidine rings is 1. The Balaban J connectivity index is 1.04. The minimum Gasteiger partial charge on any atom is -0.391 e. The van der Waals surface area contributed by atoms with E-state index in [0.717, 1.165) is 43.9 Å². The van der Waals surface area contributed by atoms with Gasteiger partial charge in [0, 0.05) is 13.1 Å². The Bertz CT molecular complexity index is 1210. The third-order valence-corrected chi connectivity index (χ3v) is 11.0. The van der Waals surface area contributed by atoms with Crippen molar-refractivity contribution in [3.63, 3.8) is 0 Å². The second kappa shape index (κ2) is 8.93. The highest BCUT2D eigenvalue weighted by atomic mass is 32.1. The summed E-state index contributed by atoms with van der Waals surface area (Å²) >= 11 is 1.87. The molecule has 5 fully saturated rings. The Labute approximate surface area is 212 Å². The first-order valence-electron chi connectivity index (χ1n) is 13.9. The van der Waals surface area contributed by atoms with Crippen molar-refractivity contribution in [3.05, 3.63) is 48.5 Å². The number of aliphatic hydroxyl groups is 1. The van der Waals surface area contributed by atoms with Gasteiger partial charge in [0.15, 0.2) is 0 Å². The van der Waals surface area contributed by atoms with Gasteiger partial charge in [0.05, 0.1) is 27.4 Å². The molecule has 4 nitrogen and oxygen atoms in total. The molecule has 35 heavy (non-hydrogen) atoms. The molecule has 1 aliphatic heterocycles. The minimum absolute atomic E-state index is 0.122. The molecule has 0 radical (unpaired) electrons. The lowest BCUT2D eigenvalue weighted by atomic mass is 9.48. The molecular weight excluding hydrogens is 450 g/mol. The van der Waals surface area contributed by atoms with Crippen LogP contribution in [0.1, 0.15) is 51.4 Å². The van der Waals surface area contributed by atoms with Crippen LogP contribution in [0.2, 0.25) is 0 Å². The number of benzene rings is 2. The molecule has 2 N–H and O–H groups in total. The fourth-order valence-corrected chi connectivity index (χ4v) is 9.64. The molecule has 2 aromatic carbocycles. The molecule has 4 bridgehead atoms. The maximum Gasteiger partial charge on any atom is 0.0743 e. The number of nitrogens with zero attached hydrogens (tertiary/aromatic N) is 2. The third-order valence-electron chi connectivity index (χ3n) is 9.89. The van der Waals surface area contributed by atoms with Crippen LogP contribution in [-0.2, 0) is 6.54 Å². The lowest BCUT2D eigenvalue weighted by Crippen LogP contribution is -2.55. The van der Waals surface area contributed by atoms with Crippen LogP contribution in [0.25, 0.3) is 21.3 Å². The number of likely N-dealkylation sites (tertiary alicyclic amines) is 1. The summed E-state index contributed by atoms with van der Waals surface area (Å²) in [5.41, 5.74) is 3.92. The summed E-state index contributed by atoms with van der Waals surface area (Å²) in [5.74, 6) is 3.43. The van der Waals surface area contributed by atoms with Gasteiger partial charge < -0.3 is 15.0 Å². The second-order valence-electron chi connectivity index (χ2n) is 12.3. The molecule has 8 rings (SSSR count). The highest BCUT2D eigenvalue weighted by Gasteiger charge is 2.54. The van der Waals surface area contributed by atoms with Gasteiger partial charge in [0.1, 0.15) is 0 Å². The molecule has 1 aromatic heterocycles. The number of hydrogen-bond acceptors (Lipinski definition) is 3. The van der Waals surface area contributed by atoms with Crippen LogP contribution < -0.4 is 0 Å². The number of fused-ring (bicyclic) bond motifs is 2. The van der Waals surface area contributed by atoms with Crippen LogP contribution in [0.3, 0.4) is 0 Å². The molecule has 0 spiro atoms. The lowest BCUT2D eigenvalue weighted by Gasteiger charge is -2.59. The molecular formula is C30H39N3OS. The average molecular weight is 490 g/mol. The van der Waals surface area contributed by atoms with Gasteiger partial charge in [0.25, 0.3) is 0 Å². The van der Waals surface area contributed by atoms with Gasteiger partial charge >= 0.3 is 0 Å². The molecule has 0 unspecified atom stereocenters. The second-order valence-corrected chi connectivity index (χ2v) is 13.4. The molecule has 186 valence electrons. The Hall–Kier alpha value is -1.82. The number of para-hydroxylation sites is 3. The number of hydrogen-bond donors (Lipinski definition) is 2. The van der Waals surface area contributed by atoms with Crippen LogP contribution in [0.15, 0.2) is 48.5 Å². The van der Waals surface area contributed by atoms with Crippen LogP contribution in [-0.4, -0.2) is 44.7 Å². The molecule has 1 atom stereocenters. The van der Waals surface area contributed by atoms with Gasteiger partial charge in [-0.2, -0.15) is 0 Å². The number of aromatic nitrogens is 2. The molecule has 2 heterocycles. The van der Waals surface area contributed by atoms with E-state index in [0.29, 0.717) is 5.92 Å². The smallest absolute Gasteiger partial charge is 0.0743 e. The largest absolute Gasteiger partial charge is 0.391 e. The van der Waals surface area contributed by atoms with Crippen molar-refractivity contribution < 1.29 is 5.11 Å². The van der Waals surface area contributed by atoms with Crippen molar-refractivity contribution in [2.24, 2.45) is 29.1 Å². The first-order valence-corrected chi connectivity index (χ1v) is 14.7. The Morgan fingerprint density at radius 2 is 1.51 bits per heavy atom. The average Bonchev–Trinajstić information content (AvgIpc) is 3.01. The fourth-order valence-electron chi connectivity index (χ4n) is 8.50. The number of aliphatic hydroxyl groups excluding tert-OH is 1. The number of aromatic amines is 1. The van der Waals surface area contributed by atoms with E-state index < -0.39 is 0 Å². The van der Waals surface area contributed by atoms with Crippen LogP contribution in [0.4, 0.5) is 0 Å². The minimum atomic E-state index is -0.122. The number of nitrogens with one attached hydrogen (secondary N) is 1. The summed E-state index contributed by atoms with van der Waals surface area (Å²) in [6, 6.07) is 17.4. The maximum atomic E-state index is 11.5. The molecule has 4 saturated carbocycles. The predicted octanol–water partition coefficient (Wildman–Crippen LogP) is 6.60. The SMILES string of the molecule is O[C@@H](CN1CCC(Cn2sc3ccccc3[nH]c3ccccc32)CC1)C12CC3CC(CC(C3)C1)C2. The number of rotatable bonds is 5. The topological polar surface area (TPSA) is 44.2 Å². The molecule has 5 aliphatic rings. The van der Waals surface area contributed by atoms with Crippen molar-refractivity contribution in [1.29, 1.82) is 0 Å². The standard InChI is InChI=1S/C30H39N3OS/c34-29(30-16-22-13-23(17-30)15-24(14-22)18-30)20-32-11-9-21(10-12-32)19-33-27-7-3-1-5-25(27)31-26-6-2-4-8-28(26)35-33/h1-8,21-24,29,31,34H,9-20H2/t22?,23?,24?,29-,30?/m0/s1. The quantitative estimate of drug-likeness (QED) is 0.424. The van der Waals surface area contributed by atoms with Crippen LogP contribution >= 0.6 is 11.5 Å². The van der Waals surface area contributed by atoms with Gasteiger partial charge in [-0.15, -0.1) is 0 Å².